The number of fused-ring (bicyclic) bond motifs is 1. The minimum absolute atomic E-state index is 0. The van der Waals surface area contributed by atoms with Crippen molar-refractivity contribution >= 4 is 47.2 Å². The third-order valence-corrected chi connectivity index (χ3v) is 8.49. The third-order valence-electron chi connectivity index (χ3n) is 8.49. The van der Waals surface area contributed by atoms with Crippen molar-refractivity contribution in [3.8, 4) is 39.5 Å². The Hall–Kier alpha value is -4.19. The maximum atomic E-state index is 13.9. The maximum absolute atomic E-state index is 13.9. The summed E-state index contributed by atoms with van der Waals surface area (Å²) in [5.41, 5.74) is 2.28. The zero-order valence-corrected chi connectivity index (χ0v) is 25.8. The van der Waals surface area contributed by atoms with Gasteiger partial charge in [0.15, 0.2) is 5.78 Å². The van der Waals surface area contributed by atoms with Crippen molar-refractivity contribution < 1.29 is 38.1 Å². The number of aromatic carboxylic acids is 1. The number of halogens is 1. The van der Waals surface area contributed by atoms with Crippen LogP contribution in [-0.4, -0.2) is 98.9 Å². The van der Waals surface area contributed by atoms with Gasteiger partial charge in [0, 0.05) is 50.3 Å². The topological polar surface area (TPSA) is 120 Å². The summed E-state index contributed by atoms with van der Waals surface area (Å²) in [6.07, 6.45) is 4.69. The number of carboxylic acid groups (broad SMARTS) is 1. The normalized spacial score (nSPS) is 15.0. The first-order chi connectivity index (χ1) is 22.1. The van der Waals surface area contributed by atoms with Crippen LogP contribution in [0.2, 0.25) is 0 Å². The van der Waals surface area contributed by atoms with Gasteiger partial charge in [-0.1, -0.05) is 12.1 Å². The van der Waals surface area contributed by atoms with Gasteiger partial charge in [-0.2, -0.15) is 5.10 Å². The van der Waals surface area contributed by atoms with Crippen molar-refractivity contribution in [3.05, 3.63) is 83.4 Å². The molecular weight excluding hydrogens is 616 g/mol. The molecule has 3 aromatic carbocycles. The molecule has 0 atom stereocenters. The Morgan fingerprint density at radius 1 is 0.979 bits per heavy atom. The Bertz CT molecular complexity index is 1820. The molecule has 1 spiro atoms. The molecule has 6 rings (SSSR count). The molecular formula is C35H35FN3NaO7. The van der Waals surface area contributed by atoms with Gasteiger partial charge in [0.1, 0.15) is 28.7 Å². The van der Waals surface area contributed by atoms with E-state index in [1.165, 1.54) is 12.1 Å². The van der Waals surface area contributed by atoms with Crippen molar-refractivity contribution in [2.75, 3.05) is 26.3 Å². The number of ketones is 1. The van der Waals surface area contributed by atoms with E-state index < -0.39 is 23.0 Å². The van der Waals surface area contributed by atoms with Gasteiger partial charge in [0.2, 0.25) is 0 Å². The first kappa shape index (κ1) is 34.2. The number of nitrogens with zero attached hydrogens (tertiary/aromatic N) is 3. The van der Waals surface area contributed by atoms with Crippen molar-refractivity contribution in [1.29, 1.82) is 0 Å². The molecule has 2 aliphatic rings. The summed E-state index contributed by atoms with van der Waals surface area (Å²) in [6.45, 7) is 5.37. The fraction of sp³-hybridized carbons (Fsp3) is 0.314. The van der Waals surface area contributed by atoms with Crippen LogP contribution in [0.25, 0.3) is 22.3 Å². The molecule has 240 valence electrons. The summed E-state index contributed by atoms with van der Waals surface area (Å²) in [6, 6.07) is 12.4. The van der Waals surface area contributed by atoms with Crippen molar-refractivity contribution in [2.24, 2.45) is 7.05 Å². The van der Waals surface area contributed by atoms with Gasteiger partial charge in [0.25, 0.3) is 5.91 Å². The van der Waals surface area contributed by atoms with Gasteiger partial charge in [0.05, 0.1) is 42.5 Å². The molecule has 0 aliphatic carbocycles. The molecule has 2 aliphatic heterocycles. The molecule has 1 saturated heterocycles. The molecule has 1 aromatic heterocycles. The van der Waals surface area contributed by atoms with Crippen molar-refractivity contribution in [2.45, 2.75) is 38.7 Å². The first-order valence-corrected chi connectivity index (χ1v) is 15.2. The predicted molar refractivity (Wildman–Crippen MR) is 174 cm³/mol. The van der Waals surface area contributed by atoms with Crippen LogP contribution in [0.5, 0.6) is 17.2 Å². The number of piperidine rings is 1. The summed E-state index contributed by atoms with van der Waals surface area (Å²) in [7, 11) is 1.83. The van der Waals surface area contributed by atoms with E-state index >= 15 is 0 Å². The van der Waals surface area contributed by atoms with E-state index in [0.29, 0.717) is 78.6 Å². The monoisotopic (exact) mass is 651 g/mol. The molecule has 4 aromatic rings. The number of benzene rings is 3. The number of Topliss-reactive ketones (excluding diaryl/α,β-unsaturated/α-hetero) is 1. The van der Waals surface area contributed by atoms with Gasteiger partial charge >= 0.3 is 35.5 Å². The van der Waals surface area contributed by atoms with Gasteiger partial charge < -0.3 is 24.2 Å². The quantitative estimate of drug-likeness (QED) is 0.252. The van der Waals surface area contributed by atoms with E-state index in [4.69, 9.17) is 14.2 Å². The van der Waals surface area contributed by atoms with E-state index in [9.17, 15) is 23.9 Å². The summed E-state index contributed by atoms with van der Waals surface area (Å²) in [4.78, 5) is 40.4. The summed E-state index contributed by atoms with van der Waals surface area (Å²) in [5, 5.41) is 13.6. The average molecular weight is 652 g/mol. The third kappa shape index (κ3) is 6.79. The van der Waals surface area contributed by atoms with E-state index in [-0.39, 0.29) is 47.7 Å². The number of amides is 1. The number of aromatic nitrogens is 2. The number of ether oxygens (including phenoxy) is 3. The Kier molecular flexibility index (Phi) is 10.1. The van der Waals surface area contributed by atoms with Crippen LogP contribution >= 0.6 is 0 Å². The predicted octanol–water partition coefficient (Wildman–Crippen LogP) is 5.38. The van der Waals surface area contributed by atoms with E-state index in [2.05, 4.69) is 5.10 Å². The second-order valence-corrected chi connectivity index (χ2v) is 11.5. The van der Waals surface area contributed by atoms with E-state index in [1.54, 1.807) is 46.1 Å². The molecule has 0 unspecified atom stereocenters. The number of carbonyl (C=O) groups is 3. The zero-order valence-electron chi connectivity index (χ0n) is 25.8. The summed E-state index contributed by atoms with van der Waals surface area (Å²) >= 11 is 0. The van der Waals surface area contributed by atoms with Gasteiger partial charge in [-0.3, -0.25) is 14.3 Å². The van der Waals surface area contributed by atoms with Crippen LogP contribution in [0.15, 0.2) is 60.9 Å². The van der Waals surface area contributed by atoms with Crippen LogP contribution in [0.1, 0.15) is 64.2 Å². The van der Waals surface area contributed by atoms with Gasteiger partial charge in [-0.25, -0.2) is 9.18 Å². The number of hydrogen-bond acceptors (Lipinski definition) is 7. The Morgan fingerprint density at radius 2 is 1.62 bits per heavy atom. The number of hydrogen-bond donors (Lipinski definition) is 1. The van der Waals surface area contributed by atoms with E-state index in [1.807, 2.05) is 27.1 Å². The molecule has 1 amide bonds. The molecule has 3 heterocycles. The standard InChI is InChI=1S/C35H34FN3O7.Na.H/c1-4-44-30-16-23(17-31(45-5-2)32(30)24-19-37-38(3)20-24)33(41)39-12-10-35(11-13-39)18-28(40)26-15-22(7-9-29(26)46-35)21-6-8-27(36)25(14-21)34(42)43;;/h6-9,14-17,19-20H,4-5,10-13,18H2,1-3H3,(H,42,43);;. The fourth-order valence-corrected chi connectivity index (χ4v) is 6.21. The summed E-state index contributed by atoms with van der Waals surface area (Å²) in [5.74, 6) is -0.945. The van der Waals surface area contributed by atoms with Crippen LogP contribution in [0, 0.1) is 5.82 Å². The second-order valence-electron chi connectivity index (χ2n) is 11.5. The van der Waals surface area contributed by atoms with Crippen molar-refractivity contribution in [3.63, 3.8) is 0 Å². The molecule has 0 bridgehead atoms. The Morgan fingerprint density at radius 3 is 2.21 bits per heavy atom. The number of aryl methyl sites for hydroxylation is 1. The van der Waals surface area contributed by atoms with Gasteiger partial charge in [-0.15, -0.1) is 0 Å². The number of rotatable bonds is 8. The number of likely N-dealkylation sites (tertiary alicyclic amines) is 1. The number of carbonyl (C=O) groups excluding carboxylic acids is 2. The molecule has 47 heavy (non-hydrogen) atoms. The van der Waals surface area contributed by atoms with Gasteiger partial charge in [-0.05, 0) is 61.4 Å². The molecule has 1 N–H and O–H groups in total. The first-order valence-electron chi connectivity index (χ1n) is 15.2. The van der Waals surface area contributed by atoms with Crippen LogP contribution < -0.4 is 14.2 Å². The second kappa shape index (κ2) is 13.9. The average Bonchev–Trinajstić information content (AvgIpc) is 3.46. The van der Waals surface area contributed by atoms with Crippen LogP contribution in [0.3, 0.4) is 0 Å². The van der Waals surface area contributed by atoms with Crippen LogP contribution in [0.4, 0.5) is 4.39 Å². The minimum atomic E-state index is -1.37. The molecule has 0 radical (unpaired) electrons. The Labute approximate surface area is 293 Å². The fourth-order valence-electron chi connectivity index (χ4n) is 6.21. The zero-order chi connectivity index (χ0) is 32.6. The van der Waals surface area contributed by atoms with E-state index in [0.717, 1.165) is 17.2 Å². The SMILES string of the molecule is CCOc1cc(C(=O)N2CCC3(CC2)CC(=O)c2cc(-c4ccc(F)c(C(=O)O)c4)ccc2O3)cc(OCC)c1-c1cnn(C)c1.[NaH]. The molecule has 1 fully saturated rings. The Balaban J connectivity index is 0.00000433. The molecule has 12 heteroatoms. The number of carboxylic acids is 1. The summed E-state index contributed by atoms with van der Waals surface area (Å²) < 4.78 is 34.0. The molecule has 0 saturated carbocycles. The van der Waals surface area contributed by atoms with Crippen LogP contribution in [-0.2, 0) is 7.05 Å². The molecule has 10 nitrogen and oxygen atoms in total. The van der Waals surface area contributed by atoms with Crippen molar-refractivity contribution in [1.82, 2.24) is 14.7 Å².